The molecule has 2 rings (SSSR count). The highest BCUT2D eigenvalue weighted by molar-refractivity contribution is 5.97. The second-order valence-electron chi connectivity index (χ2n) is 5.72. The van der Waals surface area contributed by atoms with Crippen LogP contribution in [0.4, 0.5) is 0 Å². The van der Waals surface area contributed by atoms with E-state index >= 15 is 0 Å². The van der Waals surface area contributed by atoms with E-state index in [0.717, 1.165) is 0 Å². The van der Waals surface area contributed by atoms with Crippen molar-refractivity contribution in [1.82, 2.24) is 5.32 Å². The van der Waals surface area contributed by atoms with Crippen LogP contribution in [0.5, 0.6) is 0 Å². The summed E-state index contributed by atoms with van der Waals surface area (Å²) >= 11 is 0. The van der Waals surface area contributed by atoms with Crippen LogP contribution in [0.3, 0.4) is 0 Å². The number of carbonyl (C=O) groups is 2. The molecule has 0 unspecified atom stereocenters. The zero-order valence-electron chi connectivity index (χ0n) is 12.4. The van der Waals surface area contributed by atoms with E-state index in [1.807, 2.05) is 0 Å². The fourth-order valence-electron chi connectivity index (χ4n) is 2.08. The maximum Gasteiger partial charge on any atom is 0.349 e. The topological polar surface area (TPSA) is 96.6 Å². The van der Waals surface area contributed by atoms with Crippen molar-refractivity contribution >= 4 is 22.8 Å². The Morgan fingerprint density at radius 2 is 1.95 bits per heavy atom. The third-order valence-corrected chi connectivity index (χ3v) is 3.30. The number of hydrogen-bond acceptors (Lipinski definition) is 4. The lowest BCUT2D eigenvalue weighted by Gasteiger charge is -2.25. The molecule has 2 aromatic rings. The van der Waals surface area contributed by atoms with Crippen LogP contribution in [-0.4, -0.2) is 22.5 Å². The molecular weight excluding hydrogens is 286 g/mol. The van der Waals surface area contributed by atoms with Crippen molar-refractivity contribution in [3.05, 3.63) is 46.3 Å². The molecule has 0 atom stereocenters. The number of fused-ring (bicyclic) bond motifs is 1. The van der Waals surface area contributed by atoms with Crippen molar-refractivity contribution in [1.29, 1.82) is 0 Å². The summed E-state index contributed by atoms with van der Waals surface area (Å²) in [7, 11) is 0. The molecule has 0 fully saturated rings. The number of hydrogen-bond donors (Lipinski definition) is 2. The second kappa shape index (κ2) is 6.01. The predicted octanol–water partition coefficient (Wildman–Crippen LogP) is 2.17. The molecule has 0 spiro atoms. The molecule has 0 saturated heterocycles. The number of amides is 1. The summed E-state index contributed by atoms with van der Waals surface area (Å²) in [6.07, 6.45) is 0.187. The number of carbonyl (C=O) groups excluding carboxylic acids is 1. The number of carboxylic acid groups (broad SMARTS) is 1. The van der Waals surface area contributed by atoms with Gasteiger partial charge in [-0.2, -0.15) is 0 Å². The Balaban J connectivity index is 2.24. The summed E-state index contributed by atoms with van der Waals surface area (Å²) < 4.78 is 5.12. The molecule has 1 heterocycles. The first-order valence-corrected chi connectivity index (χ1v) is 6.86. The van der Waals surface area contributed by atoms with Crippen molar-refractivity contribution in [2.75, 3.05) is 0 Å². The number of nitrogens with one attached hydrogen (secondary N) is 1. The molecule has 116 valence electrons. The Labute approximate surface area is 126 Å². The number of benzene rings is 1. The summed E-state index contributed by atoms with van der Waals surface area (Å²) in [4.78, 5) is 34.8. The van der Waals surface area contributed by atoms with E-state index < -0.39 is 23.0 Å². The van der Waals surface area contributed by atoms with Gasteiger partial charge in [0.1, 0.15) is 11.1 Å². The van der Waals surface area contributed by atoms with E-state index in [0.29, 0.717) is 11.0 Å². The van der Waals surface area contributed by atoms with Gasteiger partial charge in [-0.1, -0.05) is 18.2 Å². The fraction of sp³-hybridized carbons (Fsp3) is 0.312. The summed E-state index contributed by atoms with van der Waals surface area (Å²) in [5.74, 6) is -1.51. The Bertz CT molecular complexity index is 775. The smallest absolute Gasteiger partial charge is 0.349 e. The molecule has 0 aliphatic carbocycles. The standard InChI is InChI=1S/C16H17NO5/c1-16(2,8-7-13(18)19)17-14(20)11-9-10-5-3-4-6-12(10)22-15(11)21/h3-6,9H,7-8H2,1-2H3,(H,17,20)(H,18,19). The van der Waals surface area contributed by atoms with Crippen molar-refractivity contribution in [2.24, 2.45) is 0 Å². The first-order valence-electron chi connectivity index (χ1n) is 6.86. The summed E-state index contributed by atoms with van der Waals surface area (Å²) in [5.41, 5.74) is -1.14. The lowest BCUT2D eigenvalue weighted by Crippen LogP contribution is -2.45. The third-order valence-electron chi connectivity index (χ3n) is 3.30. The summed E-state index contributed by atoms with van der Waals surface area (Å²) in [6, 6.07) is 8.38. The first-order chi connectivity index (χ1) is 10.3. The minimum Gasteiger partial charge on any atom is -0.481 e. The zero-order valence-corrected chi connectivity index (χ0v) is 12.4. The van der Waals surface area contributed by atoms with Crippen LogP contribution in [0.15, 0.2) is 39.5 Å². The van der Waals surface area contributed by atoms with Gasteiger partial charge < -0.3 is 14.8 Å². The van der Waals surface area contributed by atoms with Gasteiger partial charge in [-0.3, -0.25) is 9.59 Å². The molecule has 6 heteroatoms. The van der Waals surface area contributed by atoms with Gasteiger partial charge in [-0.05, 0) is 32.4 Å². The molecule has 0 saturated carbocycles. The molecular formula is C16H17NO5. The maximum atomic E-state index is 12.3. The van der Waals surface area contributed by atoms with Crippen LogP contribution in [0.1, 0.15) is 37.0 Å². The summed E-state index contributed by atoms with van der Waals surface area (Å²) in [6.45, 7) is 3.41. The highest BCUT2D eigenvalue weighted by Gasteiger charge is 2.24. The summed E-state index contributed by atoms with van der Waals surface area (Å²) in [5, 5.41) is 12.0. The SMILES string of the molecule is CC(C)(CCC(=O)O)NC(=O)c1cc2ccccc2oc1=O. The molecule has 1 aromatic carbocycles. The Morgan fingerprint density at radius 3 is 2.64 bits per heavy atom. The van der Waals surface area contributed by atoms with Crippen molar-refractivity contribution in [3.63, 3.8) is 0 Å². The van der Waals surface area contributed by atoms with E-state index in [1.165, 1.54) is 6.07 Å². The van der Waals surface area contributed by atoms with Gasteiger partial charge in [-0.15, -0.1) is 0 Å². The third kappa shape index (κ3) is 3.72. The van der Waals surface area contributed by atoms with Gasteiger partial charge in [0.05, 0.1) is 0 Å². The molecule has 0 aliphatic heterocycles. The lowest BCUT2D eigenvalue weighted by atomic mass is 9.98. The number of para-hydroxylation sites is 1. The number of aliphatic carboxylic acids is 1. The normalized spacial score (nSPS) is 11.4. The predicted molar refractivity (Wildman–Crippen MR) is 80.9 cm³/mol. The Morgan fingerprint density at radius 1 is 1.27 bits per heavy atom. The monoisotopic (exact) mass is 303 g/mol. The first kappa shape index (κ1) is 15.8. The highest BCUT2D eigenvalue weighted by Crippen LogP contribution is 2.15. The molecule has 0 aliphatic rings. The van der Waals surface area contributed by atoms with Gasteiger partial charge in [0.15, 0.2) is 0 Å². The van der Waals surface area contributed by atoms with E-state index in [-0.39, 0.29) is 18.4 Å². The van der Waals surface area contributed by atoms with E-state index in [2.05, 4.69) is 5.32 Å². The fourth-order valence-corrected chi connectivity index (χ4v) is 2.08. The van der Waals surface area contributed by atoms with Gasteiger partial charge in [0, 0.05) is 17.3 Å². The maximum absolute atomic E-state index is 12.3. The van der Waals surface area contributed by atoms with Gasteiger partial charge in [-0.25, -0.2) is 4.79 Å². The second-order valence-corrected chi connectivity index (χ2v) is 5.72. The molecule has 22 heavy (non-hydrogen) atoms. The molecule has 1 amide bonds. The van der Waals surface area contributed by atoms with Gasteiger partial charge >= 0.3 is 11.6 Å². The van der Waals surface area contributed by atoms with E-state index in [1.54, 1.807) is 38.1 Å². The highest BCUT2D eigenvalue weighted by atomic mass is 16.4. The average Bonchev–Trinajstić information content (AvgIpc) is 2.44. The minimum atomic E-state index is -0.937. The average molecular weight is 303 g/mol. The van der Waals surface area contributed by atoms with Crippen LogP contribution >= 0.6 is 0 Å². The van der Waals surface area contributed by atoms with Crippen LogP contribution in [0.25, 0.3) is 11.0 Å². The van der Waals surface area contributed by atoms with Crippen LogP contribution < -0.4 is 10.9 Å². The lowest BCUT2D eigenvalue weighted by molar-refractivity contribution is -0.137. The zero-order chi connectivity index (χ0) is 16.3. The van der Waals surface area contributed by atoms with Crippen LogP contribution in [-0.2, 0) is 4.79 Å². The number of carboxylic acids is 1. The van der Waals surface area contributed by atoms with E-state index in [4.69, 9.17) is 9.52 Å². The van der Waals surface area contributed by atoms with Crippen LogP contribution in [0.2, 0.25) is 0 Å². The Kier molecular flexibility index (Phi) is 4.30. The molecule has 2 N–H and O–H groups in total. The quantitative estimate of drug-likeness (QED) is 0.825. The molecule has 6 nitrogen and oxygen atoms in total. The van der Waals surface area contributed by atoms with E-state index in [9.17, 15) is 14.4 Å². The van der Waals surface area contributed by atoms with Gasteiger partial charge in [0.25, 0.3) is 5.91 Å². The Hall–Kier alpha value is -2.63. The molecule has 0 radical (unpaired) electrons. The molecule has 1 aromatic heterocycles. The largest absolute Gasteiger partial charge is 0.481 e. The minimum absolute atomic E-state index is 0.0698. The number of rotatable bonds is 5. The molecule has 0 bridgehead atoms. The van der Waals surface area contributed by atoms with Gasteiger partial charge in [0.2, 0.25) is 0 Å². The van der Waals surface area contributed by atoms with Crippen molar-refractivity contribution in [2.45, 2.75) is 32.2 Å². The van der Waals surface area contributed by atoms with Crippen LogP contribution in [0, 0.1) is 0 Å². The van der Waals surface area contributed by atoms with Crippen molar-refractivity contribution in [3.8, 4) is 0 Å². The van der Waals surface area contributed by atoms with Crippen molar-refractivity contribution < 1.29 is 19.1 Å².